The molecule has 0 fully saturated rings. The summed E-state index contributed by atoms with van der Waals surface area (Å²) in [5.74, 6) is -2.29. The summed E-state index contributed by atoms with van der Waals surface area (Å²) in [5, 5.41) is 24.4. The smallest absolute Gasteiger partial charge is 0.321 e. The molecule has 0 spiro atoms. The SMILES string of the molecule is CC(C)C[C@H](N[C@@H](Cc1ccc(C(=O)NCc2ccccc2)cc1)C(=O)O)C(=O)O. The largest absolute Gasteiger partial charge is 0.480 e. The maximum absolute atomic E-state index is 12.3. The maximum Gasteiger partial charge on any atom is 0.321 e. The number of carbonyl (C=O) groups excluding carboxylic acids is 1. The van der Waals surface area contributed by atoms with Crippen LogP contribution in [0.5, 0.6) is 0 Å². The number of benzene rings is 2. The Hall–Kier alpha value is -3.19. The van der Waals surface area contributed by atoms with E-state index in [1.165, 1.54) is 0 Å². The van der Waals surface area contributed by atoms with Crippen molar-refractivity contribution >= 4 is 17.8 Å². The number of hydrogen-bond donors (Lipinski definition) is 4. The predicted octanol–water partition coefficient (Wildman–Crippen LogP) is 2.70. The second-order valence-corrected chi connectivity index (χ2v) is 7.65. The standard InChI is InChI=1S/C23H28N2O5/c1-15(2)12-19(22(27)28)25-20(23(29)30)13-16-8-10-18(11-9-16)21(26)24-14-17-6-4-3-5-7-17/h3-11,15,19-20,25H,12-14H2,1-2H3,(H,24,26)(H,27,28)(H,29,30)/t19-,20-/m0/s1. The van der Waals surface area contributed by atoms with Crippen molar-refractivity contribution in [1.29, 1.82) is 0 Å². The lowest BCUT2D eigenvalue weighted by Gasteiger charge is -2.21. The summed E-state index contributed by atoms with van der Waals surface area (Å²) >= 11 is 0. The quantitative estimate of drug-likeness (QED) is 0.451. The van der Waals surface area contributed by atoms with Crippen molar-refractivity contribution in [1.82, 2.24) is 10.6 Å². The van der Waals surface area contributed by atoms with Crippen molar-refractivity contribution < 1.29 is 24.6 Å². The fourth-order valence-corrected chi connectivity index (χ4v) is 3.08. The first-order chi connectivity index (χ1) is 14.3. The van der Waals surface area contributed by atoms with E-state index >= 15 is 0 Å². The van der Waals surface area contributed by atoms with Crippen LogP contribution >= 0.6 is 0 Å². The third kappa shape index (κ3) is 7.33. The normalized spacial score (nSPS) is 12.9. The lowest BCUT2D eigenvalue weighted by molar-refractivity contribution is -0.142. The minimum atomic E-state index is -1.12. The number of carbonyl (C=O) groups is 3. The Labute approximate surface area is 176 Å². The molecule has 0 aliphatic rings. The minimum Gasteiger partial charge on any atom is -0.480 e. The molecule has 2 aromatic rings. The van der Waals surface area contributed by atoms with E-state index in [-0.39, 0.29) is 18.2 Å². The van der Waals surface area contributed by atoms with Crippen molar-refractivity contribution in [3.05, 3.63) is 71.3 Å². The molecule has 30 heavy (non-hydrogen) atoms. The van der Waals surface area contributed by atoms with Gasteiger partial charge in [0, 0.05) is 12.1 Å². The van der Waals surface area contributed by atoms with Crippen molar-refractivity contribution in [2.75, 3.05) is 0 Å². The highest BCUT2D eigenvalue weighted by Crippen LogP contribution is 2.11. The summed E-state index contributed by atoms with van der Waals surface area (Å²) in [4.78, 5) is 35.4. The molecule has 0 saturated heterocycles. The van der Waals surface area contributed by atoms with Crippen LogP contribution in [0, 0.1) is 5.92 Å². The number of rotatable bonds is 11. The van der Waals surface area contributed by atoms with Crippen LogP contribution in [-0.2, 0) is 22.6 Å². The summed E-state index contributed by atoms with van der Waals surface area (Å²) in [6.45, 7) is 4.18. The Morgan fingerprint density at radius 3 is 1.97 bits per heavy atom. The lowest BCUT2D eigenvalue weighted by atomic mass is 10.00. The number of hydrogen-bond acceptors (Lipinski definition) is 4. The van der Waals surface area contributed by atoms with Crippen LogP contribution in [0.25, 0.3) is 0 Å². The summed E-state index contributed by atoms with van der Waals surface area (Å²) in [6, 6.07) is 14.2. The second kappa shape index (κ2) is 11.1. The number of nitrogens with one attached hydrogen (secondary N) is 2. The molecule has 0 unspecified atom stereocenters. The highest BCUT2D eigenvalue weighted by molar-refractivity contribution is 5.94. The van der Waals surface area contributed by atoms with E-state index in [4.69, 9.17) is 0 Å². The summed E-state index contributed by atoms with van der Waals surface area (Å²) in [5.41, 5.74) is 2.16. The number of aliphatic carboxylic acids is 2. The van der Waals surface area contributed by atoms with Crippen LogP contribution in [0.1, 0.15) is 41.8 Å². The zero-order valence-corrected chi connectivity index (χ0v) is 17.2. The highest BCUT2D eigenvalue weighted by Gasteiger charge is 2.26. The topological polar surface area (TPSA) is 116 Å². The predicted molar refractivity (Wildman–Crippen MR) is 113 cm³/mol. The van der Waals surface area contributed by atoms with Crippen LogP contribution in [-0.4, -0.2) is 40.1 Å². The summed E-state index contributed by atoms with van der Waals surface area (Å²) in [6.07, 6.45) is 0.447. The minimum absolute atomic E-state index is 0.113. The van der Waals surface area contributed by atoms with Gasteiger partial charge in [0.15, 0.2) is 0 Å². The van der Waals surface area contributed by atoms with Crippen LogP contribution in [0.4, 0.5) is 0 Å². The van der Waals surface area contributed by atoms with E-state index in [1.54, 1.807) is 24.3 Å². The summed E-state index contributed by atoms with van der Waals surface area (Å²) < 4.78 is 0. The molecular formula is C23H28N2O5. The van der Waals surface area contributed by atoms with Gasteiger partial charge < -0.3 is 15.5 Å². The lowest BCUT2D eigenvalue weighted by Crippen LogP contribution is -2.48. The van der Waals surface area contributed by atoms with Crippen LogP contribution < -0.4 is 10.6 Å². The van der Waals surface area contributed by atoms with Gasteiger partial charge in [-0.1, -0.05) is 56.3 Å². The third-order valence-corrected chi connectivity index (χ3v) is 4.66. The Kier molecular flexibility index (Phi) is 8.55. The highest BCUT2D eigenvalue weighted by atomic mass is 16.4. The Balaban J connectivity index is 1.98. The average molecular weight is 412 g/mol. The molecule has 0 radical (unpaired) electrons. The van der Waals surface area contributed by atoms with E-state index in [0.717, 1.165) is 5.56 Å². The summed E-state index contributed by atoms with van der Waals surface area (Å²) in [7, 11) is 0. The van der Waals surface area contributed by atoms with Gasteiger partial charge >= 0.3 is 11.9 Å². The van der Waals surface area contributed by atoms with Crippen molar-refractivity contribution in [2.24, 2.45) is 5.92 Å². The van der Waals surface area contributed by atoms with Gasteiger partial charge in [0.25, 0.3) is 5.91 Å². The molecule has 7 nitrogen and oxygen atoms in total. The van der Waals surface area contributed by atoms with Gasteiger partial charge in [0.1, 0.15) is 12.1 Å². The fraction of sp³-hybridized carbons (Fsp3) is 0.348. The zero-order valence-electron chi connectivity index (χ0n) is 17.2. The molecule has 4 N–H and O–H groups in total. The first kappa shape index (κ1) is 23.1. The van der Waals surface area contributed by atoms with E-state index in [2.05, 4.69) is 10.6 Å². The fourth-order valence-electron chi connectivity index (χ4n) is 3.08. The molecule has 0 aromatic heterocycles. The van der Waals surface area contributed by atoms with E-state index in [0.29, 0.717) is 24.1 Å². The molecule has 0 bridgehead atoms. The van der Waals surface area contributed by atoms with Gasteiger partial charge in [-0.3, -0.25) is 19.7 Å². The molecule has 160 valence electrons. The van der Waals surface area contributed by atoms with Gasteiger partial charge in [-0.25, -0.2) is 0 Å². The van der Waals surface area contributed by atoms with Crippen LogP contribution in [0.2, 0.25) is 0 Å². The molecule has 0 heterocycles. The van der Waals surface area contributed by atoms with E-state index < -0.39 is 24.0 Å². The molecule has 7 heteroatoms. The van der Waals surface area contributed by atoms with Crippen molar-refractivity contribution in [3.8, 4) is 0 Å². The van der Waals surface area contributed by atoms with Crippen LogP contribution in [0.15, 0.2) is 54.6 Å². The molecule has 2 rings (SSSR count). The van der Waals surface area contributed by atoms with Gasteiger partial charge in [-0.2, -0.15) is 0 Å². The molecule has 2 aromatic carbocycles. The van der Waals surface area contributed by atoms with E-state index in [9.17, 15) is 24.6 Å². The van der Waals surface area contributed by atoms with E-state index in [1.807, 2.05) is 44.2 Å². The van der Waals surface area contributed by atoms with Gasteiger partial charge in [-0.05, 0) is 42.0 Å². The van der Waals surface area contributed by atoms with Crippen molar-refractivity contribution in [2.45, 2.75) is 45.3 Å². The molecule has 0 aliphatic carbocycles. The van der Waals surface area contributed by atoms with Gasteiger partial charge in [-0.15, -0.1) is 0 Å². The Morgan fingerprint density at radius 2 is 1.43 bits per heavy atom. The first-order valence-electron chi connectivity index (χ1n) is 9.89. The third-order valence-electron chi connectivity index (χ3n) is 4.66. The average Bonchev–Trinajstić information content (AvgIpc) is 2.71. The second-order valence-electron chi connectivity index (χ2n) is 7.65. The van der Waals surface area contributed by atoms with Crippen molar-refractivity contribution in [3.63, 3.8) is 0 Å². The maximum atomic E-state index is 12.3. The first-order valence-corrected chi connectivity index (χ1v) is 9.89. The van der Waals surface area contributed by atoms with Gasteiger partial charge in [0.2, 0.25) is 0 Å². The molecule has 0 aliphatic heterocycles. The number of amides is 1. The zero-order chi connectivity index (χ0) is 22.1. The van der Waals surface area contributed by atoms with Gasteiger partial charge in [0.05, 0.1) is 0 Å². The number of carboxylic acids is 2. The van der Waals surface area contributed by atoms with Crippen LogP contribution in [0.3, 0.4) is 0 Å². The molecule has 1 amide bonds. The Bertz CT molecular complexity index is 850. The molecule has 0 saturated carbocycles. The number of carboxylic acid groups (broad SMARTS) is 2. The molecular weight excluding hydrogens is 384 g/mol. The molecule has 2 atom stereocenters. The Morgan fingerprint density at radius 1 is 0.833 bits per heavy atom. The monoisotopic (exact) mass is 412 g/mol.